The predicted molar refractivity (Wildman–Crippen MR) is 67.7 cm³/mol. The van der Waals surface area contributed by atoms with Crippen molar-refractivity contribution in [2.75, 3.05) is 11.9 Å². The highest BCUT2D eigenvalue weighted by Gasteiger charge is 2.28. The third-order valence-electron chi connectivity index (χ3n) is 3.72. The van der Waals surface area contributed by atoms with E-state index in [0.29, 0.717) is 5.41 Å². The van der Waals surface area contributed by atoms with Crippen LogP contribution in [0.3, 0.4) is 0 Å². The molecule has 1 aliphatic rings. The Labute approximate surface area is 98.3 Å². The Hall–Kier alpha value is -0.990. The number of aromatic nitrogens is 2. The lowest BCUT2D eigenvalue weighted by atomic mass is 9.89. The van der Waals surface area contributed by atoms with Crippen LogP contribution in [0.25, 0.3) is 0 Å². The minimum absolute atomic E-state index is 0.485. The van der Waals surface area contributed by atoms with E-state index in [2.05, 4.69) is 41.8 Å². The molecule has 0 spiro atoms. The number of rotatable bonds is 4. The van der Waals surface area contributed by atoms with E-state index in [9.17, 15) is 0 Å². The van der Waals surface area contributed by atoms with Gasteiger partial charge < -0.3 is 9.88 Å². The summed E-state index contributed by atoms with van der Waals surface area (Å²) >= 11 is 0. The van der Waals surface area contributed by atoms with Crippen LogP contribution in [-0.2, 0) is 6.54 Å². The molecule has 3 heteroatoms. The molecule has 1 saturated carbocycles. The van der Waals surface area contributed by atoms with Crippen molar-refractivity contribution in [3.05, 3.63) is 11.9 Å². The standard InChI is InChI=1S/C13H23N3/c1-4-16-9-11(2)15-12(16)14-10-13(3)7-5-6-8-13/h9H,4-8,10H2,1-3H3,(H,14,15). The Bertz CT molecular complexity index is 348. The first-order valence-electron chi connectivity index (χ1n) is 6.41. The van der Waals surface area contributed by atoms with E-state index in [4.69, 9.17) is 0 Å². The number of imidazole rings is 1. The van der Waals surface area contributed by atoms with Gasteiger partial charge in [-0.1, -0.05) is 19.8 Å². The fourth-order valence-electron chi connectivity index (χ4n) is 2.63. The molecule has 1 aromatic heterocycles. The van der Waals surface area contributed by atoms with E-state index in [1.807, 2.05) is 0 Å². The molecule has 1 fully saturated rings. The molecule has 2 rings (SSSR count). The second-order valence-corrected chi connectivity index (χ2v) is 5.36. The molecule has 1 N–H and O–H groups in total. The number of hydrogen-bond donors (Lipinski definition) is 1. The zero-order chi connectivity index (χ0) is 11.6. The average molecular weight is 221 g/mol. The molecule has 0 unspecified atom stereocenters. The molecular formula is C13H23N3. The molecule has 90 valence electrons. The highest BCUT2D eigenvalue weighted by molar-refractivity contribution is 5.29. The minimum atomic E-state index is 0.485. The van der Waals surface area contributed by atoms with Crippen molar-refractivity contribution in [3.8, 4) is 0 Å². The van der Waals surface area contributed by atoms with Gasteiger partial charge in [-0.15, -0.1) is 0 Å². The van der Waals surface area contributed by atoms with Crippen molar-refractivity contribution in [1.29, 1.82) is 0 Å². The first kappa shape index (κ1) is 11.5. The van der Waals surface area contributed by atoms with Crippen molar-refractivity contribution in [3.63, 3.8) is 0 Å². The largest absolute Gasteiger partial charge is 0.355 e. The highest BCUT2D eigenvalue weighted by atomic mass is 15.2. The zero-order valence-corrected chi connectivity index (χ0v) is 10.7. The van der Waals surface area contributed by atoms with Crippen LogP contribution in [0.15, 0.2) is 6.20 Å². The molecule has 0 atom stereocenters. The van der Waals surface area contributed by atoms with Crippen molar-refractivity contribution < 1.29 is 0 Å². The average Bonchev–Trinajstić information content (AvgIpc) is 2.82. The first-order valence-corrected chi connectivity index (χ1v) is 6.41. The van der Waals surface area contributed by atoms with Crippen molar-refractivity contribution in [2.45, 2.75) is 53.0 Å². The van der Waals surface area contributed by atoms with Gasteiger partial charge in [0.1, 0.15) is 0 Å². The zero-order valence-electron chi connectivity index (χ0n) is 10.7. The lowest BCUT2D eigenvalue weighted by Crippen LogP contribution is -2.24. The van der Waals surface area contributed by atoms with Gasteiger partial charge in [-0.25, -0.2) is 4.98 Å². The predicted octanol–water partition coefficient (Wildman–Crippen LogP) is 3.20. The number of nitrogens with zero attached hydrogens (tertiary/aromatic N) is 2. The monoisotopic (exact) mass is 221 g/mol. The number of nitrogens with one attached hydrogen (secondary N) is 1. The Morgan fingerprint density at radius 1 is 1.44 bits per heavy atom. The van der Waals surface area contributed by atoms with Crippen LogP contribution < -0.4 is 5.32 Å². The van der Waals surface area contributed by atoms with Gasteiger partial charge in [0.2, 0.25) is 5.95 Å². The van der Waals surface area contributed by atoms with Crippen LogP contribution in [0.1, 0.15) is 45.2 Å². The SMILES string of the molecule is CCn1cc(C)nc1NCC1(C)CCCC1. The molecular weight excluding hydrogens is 198 g/mol. The second-order valence-electron chi connectivity index (χ2n) is 5.36. The van der Waals surface area contributed by atoms with Gasteiger partial charge in [-0.2, -0.15) is 0 Å². The molecule has 16 heavy (non-hydrogen) atoms. The molecule has 0 aromatic carbocycles. The molecule has 3 nitrogen and oxygen atoms in total. The number of anilines is 1. The van der Waals surface area contributed by atoms with Crippen molar-refractivity contribution in [1.82, 2.24) is 9.55 Å². The van der Waals surface area contributed by atoms with E-state index < -0.39 is 0 Å². The van der Waals surface area contributed by atoms with E-state index in [-0.39, 0.29) is 0 Å². The topological polar surface area (TPSA) is 29.9 Å². The van der Waals surface area contributed by atoms with Crippen LogP contribution in [0.4, 0.5) is 5.95 Å². The maximum Gasteiger partial charge on any atom is 0.203 e. The third-order valence-corrected chi connectivity index (χ3v) is 3.72. The normalized spacial score (nSPS) is 18.9. The van der Waals surface area contributed by atoms with E-state index >= 15 is 0 Å². The summed E-state index contributed by atoms with van der Waals surface area (Å²) < 4.78 is 2.19. The Balaban J connectivity index is 1.98. The fourth-order valence-corrected chi connectivity index (χ4v) is 2.63. The van der Waals surface area contributed by atoms with Crippen molar-refractivity contribution >= 4 is 5.95 Å². The summed E-state index contributed by atoms with van der Waals surface area (Å²) in [6.07, 6.45) is 7.59. The third kappa shape index (κ3) is 2.39. The lowest BCUT2D eigenvalue weighted by Gasteiger charge is -2.24. The van der Waals surface area contributed by atoms with Crippen LogP contribution >= 0.6 is 0 Å². The molecule has 1 aliphatic carbocycles. The van der Waals surface area contributed by atoms with Gasteiger partial charge in [0.15, 0.2) is 0 Å². The molecule has 0 aliphatic heterocycles. The smallest absolute Gasteiger partial charge is 0.203 e. The Morgan fingerprint density at radius 3 is 2.75 bits per heavy atom. The molecule has 0 saturated heterocycles. The number of aryl methyl sites for hydroxylation is 2. The van der Waals surface area contributed by atoms with Gasteiger partial charge in [-0.3, -0.25) is 0 Å². The van der Waals surface area contributed by atoms with E-state index in [0.717, 1.165) is 24.7 Å². The van der Waals surface area contributed by atoms with Gasteiger partial charge in [0, 0.05) is 19.3 Å². The second kappa shape index (κ2) is 4.48. The maximum absolute atomic E-state index is 4.53. The van der Waals surface area contributed by atoms with Gasteiger partial charge in [-0.05, 0) is 32.1 Å². The van der Waals surface area contributed by atoms with Crippen LogP contribution in [0.2, 0.25) is 0 Å². The Kier molecular flexibility index (Phi) is 3.22. The summed E-state index contributed by atoms with van der Waals surface area (Å²) in [7, 11) is 0. The summed E-state index contributed by atoms with van der Waals surface area (Å²) in [6, 6.07) is 0. The lowest BCUT2D eigenvalue weighted by molar-refractivity contribution is 0.360. The van der Waals surface area contributed by atoms with Gasteiger partial charge in [0.25, 0.3) is 0 Å². The first-order chi connectivity index (χ1) is 7.63. The number of hydrogen-bond acceptors (Lipinski definition) is 2. The van der Waals surface area contributed by atoms with E-state index in [1.54, 1.807) is 0 Å². The van der Waals surface area contributed by atoms with Crippen LogP contribution in [-0.4, -0.2) is 16.1 Å². The maximum atomic E-state index is 4.53. The molecule has 1 aromatic rings. The van der Waals surface area contributed by atoms with Crippen LogP contribution in [0.5, 0.6) is 0 Å². The molecule has 0 radical (unpaired) electrons. The molecule has 1 heterocycles. The summed E-state index contributed by atoms with van der Waals surface area (Å²) in [5.41, 5.74) is 1.58. The Morgan fingerprint density at radius 2 is 2.12 bits per heavy atom. The highest BCUT2D eigenvalue weighted by Crippen LogP contribution is 2.37. The van der Waals surface area contributed by atoms with E-state index in [1.165, 1.54) is 25.7 Å². The minimum Gasteiger partial charge on any atom is -0.355 e. The fraction of sp³-hybridized carbons (Fsp3) is 0.769. The van der Waals surface area contributed by atoms with Crippen molar-refractivity contribution in [2.24, 2.45) is 5.41 Å². The summed E-state index contributed by atoms with van der Waals surface area (Å²) in [4.78, 5) is 4.53. The molecule has 0 bridgehead atoms. The molecule has 0 amide bonds. The van der Waals surface area contributed by atoms with Gasteiger partial charge >= 0.3 is 0 Å². The summed E-state index contributed by atoms with van der Waals surface area (Å²) in [5, 5.41) is 3.52. The summed E-state index contributed by atoms with van der Waals surface area (Å²) in [6.45, 7) is 8.64. The van der Waals surface area contributed by atoms with Gasteiger partial charge in [0.05, 0.1) is 5.69 Å². The summed E-state index contributed by atoms with van der Waals surface area (Å²) in [5.74, 6) is 1.04. The quantitative estimate of drug-likeness (QED) is 0.846. The van der Waals surface area contributed by atoms with Crippen LogP contribution in [0, 0.1) is 12.3 Å².